The van der Waals surface area contributed by atoms with Crippen LogP contribution in [0.5, 0.6) is 0 Å². The average molecular weight is 328 g/mol. The van der Waals surface area contributed by atoms with Gasteiger partial charge in [-0.05, 0) is 43.5 Å². The van der Waals surface area contributed by atoms with Crippen molar-refractivity contribution in [1.29, 1.82) is 0 Å². The molecule has 0 saturated carbocycles. The maximum Gasteiger partial charge on any atom is 0.264 e. The lowest BCUT2D eigenvalue weighted by molar-refractivity contribution is 0.0633. The van der Waals surface area contributed by atoms with Gasteiger partial charge in [0.1, 0.15) is 0 Å². The van der Waals surface area contributed by atoms with Crippen molar-refractivity contribution < 1.29 is 4.79 Å². The molecule has 0 N–H and O–H groups in total. The van der Waals surface area contributed by atoms with Crippen LogP contribution in [0.25, 0.3) is 0 Å². The number of nitrogens with zero attached hydrogens (tertiary/aromatic N) is 2. The number of carbonyl (C=O) groups is 1. The molecule has 1 aromatic carbocycles. The molecule has 1 aliphatic heterocycles. The molecular formula is C19H24N2OS. The summed E-state index contributed by atoms with van der Waals surface area (Å²) in [6, 6.07) is 10.6. The van der Waals surface area contributed by atoms with Crippen molar-refractivity contribution in [2.45, 2.75) is 27.3 Å². The first kappa shape index (κ1) is 16.2. The van der Waals surface area contributed by atoms with E-state index in [0.29, 0.717) is 0 Å². The molecule has 3 rings (SSSR count). The van der Waals surface area contributed by atoms with E-state index in [1.807, 2.05) is 11.0 Å². The van der Waals surface area contributed by atoms with Crippen LogP contribution >= 0.6 is 11.3 Å². The van der Waals surface area contributed by atoms with Crippen LogP contribution < -0.4 is 0 Å². The summed E-state index contributed by atoms with van der Waals surface area (Å²) in [5, 5.41) is 0. The Morgan fingerprint density at radius 2 is 1.74 bits per heavy atom. The molecule has 0 bridgehead atoms. The van der Waals surface area contributed by atoms with Crippen LogP contribution in [-0.2, 0) is 6.54 Å². The maximum absolute atomic E-state index is 12.6. The number of rotatable bonds is 3. The molecular weight excluding hydrogens is 304 g/mol. The van der Waals surface area contributed by atoms with Crippen molar-refractivity contribution in [1.82, 2.24) is 9.80 Å². The second-order valence-electron chi connectivity index (χ2n) is 6.34. The lowest BCUT2D eigenvalue weighted by atomic mass is 10.1. The van der Waals surface area contributed by atoms with Crippen molar-refractivity contribution in [3.05, 3.63) is 56.8 Å². The minimum Gasteiger partial charge on any atom is -0.335 e. The third-order valence-corrected chi connectivity index (χ3v) is 5.83. The van der Waals surface area contributed by atoms with Crippen molar-refractivity contribution in [2.24, 2.45) is 0 Å². The predicted molar refractivity (Wildman–Crippen MR) is 96.2 cm³/mol. The highest BCUT2D eigenvalue weighted by Crippen LogP contribution is 2.23. The summed E-state index contributed by atoms with van der Waals surface area (Å²) in [6.07, 6.45) is 0. The predicted octanol–water partition coefficient (Wildman–Crippen LogP) is 3.63. The topological polar surface area (TPSA) is 23.6 Å². The lowest BCUT2D eigenvalue weighted by Crippen LogP contribution is -2.48. The Morgan fingerprint density at radius 1 is 1.04 bits per heavy atom. The van der Waals surface area contributed by atoms with E-state index >= 15 is 0 Å². The van der Waals surface area contributed by atoms with Crippen LogP contribution in [0.2, 0.25) is 0 Å². The first-order chi connectivity index (χ1) is 11.0. The molecule has 1 saturated heterocycles. The second kappa shape index (κ2) is 6.85. The average Bonchev–Trinajstić information content (AvgIpc) is 2.89. The van der Waals surface area contributed by atoms with Gasteiger partial charge < -0.3 is 4.90 Å². The van der Waals surface area contributed by atoms with Crippen molar-refractivity contribution >= 4 is 17.2 Å². The number of thiophene rings is 1. The van der Waals surface area contributed by atoms with Crippen LogP contribution in [0.1, 0.15) is 31.2 Å². The zero-order chi connectivity index (χ0) is 16.4. The Morgan fingerprint density at radius 3 is 2.35 bits per heavy atom. The summed E-state index contributed by atoms with van der Waals surface area (Å²) in [4.78, 5) is 19.2. The zero-order valence-electron chi connectivity index (χ0n) is 14.1. The normalized spacial score (nSPS) is 15.9. The smallest absolute Gasteiger partial charge is 0.264 e. The van der Waals surface area contributed by atoms with E-state index < -0.39 is 0 Å². The second-order valence-corrected chi connectivity index (χ2v) is 7.60. The largest absolute Gasteiger partial charge is 0.335 e. The lowest BCUT2D eigenvalue weighted by Gasteiger charge is -2.34. The molecule has 1 aromatic heterocycles. The highest BCUT2D eigenvalue weighted by Gasteiger charge is 2.23. The number of hydrogen-bond acceptors (Lipinski definition) is 3. The van der Waals surface area contributed by atoms with Gasteiger partial charge in [-0.3, -0.25) is 9.69 Å². The van der Waals surface area contributed by atoms with E-state index in [-0.39, 0.29) is 5.91 Å². The highest BCUT2D eigenvalue weighted by atomic mass is 32.1. The number of hydrogen-bond donors (Lipinski definition) is 0. The standard InChI is InChI=1S/C19H24N2OS/c1-14-6-4-5-7-17(14)13-20-8-10-21(11-9-20)19(22)18-12-15(2)16(3)23-18/h4-7,12H,8-11,13H2,1-3H3. The van der Waals surface area contributed by atoms with E-state index in [2.05, 4.69) is 49.9 Å². The molecule has 0 spiro atoms. The third kappa shape index (κ3) is 3.65. The fourth-order valence-corrected chi connectivity index (χ4v) is 3.97. The molecule has 1 fully saturated rings. The van der Waals surface area contributed by atoms with Gasteiger partial charge in [-0.1, -0.05) is 24.3 Å². The van der Waals surface area contributed by atoms with Crippen LogP contribution in [0, 0.1) is 20.8 Å². The van der Waals surface area contributed by atoms with Gasteiger partial charge in [-0.25, -0.2) is 0 Å². The van der Waals surface area contributed by atoms with E-state index in [9.17, 15) is 4.79 Å². The van der Waals surface area contributed by atoms with Gasteiger partial charge >= 0.3 is 0 Å². The van der Waals surface area contributed by atoms with Crippen molar-refractivity contribution in [2.75, 3.05) is 26.2 Å². The Kier molecular flexibility index (Phi) is 4.83. The molecule has 122 valence electrons. The van der Waals surface area contributed by atoms with Crippen LogP contribution in [-0.4, -0.2) is 41.9 Å². The molecule has 3 nitrogen and oxygen atoms in total. The Hall–Kier alpha value is -1.65. The first-order valence-corrected chi connectivity index (χ1v) is 8.99. The number of aryl methyl sites for hydroxylation is 3. The van der Waals surface area contributed by atoms with Gasteiger partial charge in [0.15, 0.2) is 0 Å². The molecule has 4 heteroatoms. The Bertz CT molecular complexity index is 680. The maximum atomic E-state index is 12.6. The van der Waals surface area contributed by atoms with E-state index in [4.69, 9.17) is 0 Å². The minimum absolute atomic E-state index is 0.196. The highest BCUT2D eigenvalue weighted by molar-refractivity contribution is 7.14. The Labute approximate surface area is 142 Å². The summed E-state index contributed by atoms with van der Waals surface area (Å²) < 4.78 is 0. The molecule has 0 radical (unpaired) electrons. The summed E-state index contributed by atoms with van der Waals surface area (Å²) in [5.41, 5.74) is 3.95. The van der Waals surface area contributed by atoms with E-state index in [1.165, 1.54) is 21.6 Å². The molecule has 0 atom stereocenters. The molecule has 0 unspecified atom stereocenters. The van der Waals surface area contributed by atoms with Gasteiger partial charge in [0.25, 0.3) is 5.91 Å². The monoisotopic (exact) mass is 328 g/mol. The molecule has 2 heterocycles. The van der Waals surface area contributed by atoms with Crippen molar-refractivity contribution in [3.63, 3.8) is 0 Å². The Balaban J connectivity index is 1.58. The van der Waals surface area contributed by atoms with Gasteiger partial charge in [0, 0.05) is 37.6 Å². The SMILES string of the molecule is Cc1ccccc1CN1CCN(C(=O)c2cc(C)c(C)s2)CC1. The van der Waals surface area contributed by atoms with Gasteiger partial charge in [-0.2, -0.15) is 0 Å². The van der Waals surface area contributed by atoms with Gasteiger partial charge in [-0.15, -0.1) is 11.3 Å². The number of amides is 1. The number of piperazine rings is 1. The third-order valence-electron chi connectivity index (χ3n) is 4.69. The summed E-state index contributed by atoms with van der Waals surface area (Å²) in [5.74, 6) is 0.196. The van der Waals surface area contributed by atoms with Crippen LogP contribution in [0.3, 0.4) is 0 Å². The molecule has 0 aliphatic carbocycles. The fourth-order valence-electron chi connectivity index (χ4n) is 2.97. The fraction of sp³-hybridized carbons (Fsp3) is 0.421. The van der Waals surface area contributed by atoms with E-state index in [0.717, 1.165) is 37.6 Å². The molecule has 1 amide bonds. The van der Waals surface area contributed by atoms with Crippen molar-refractivity contribution in [3.8, 4) is 0 Å². The molecule has 1 aliphatic rings. The number of benzene rings is 1. The molecule has 23 heavy (non-hydrogen) atoms. The number of carbonyl (C=O) groups excluding carboxylic acids is 1. The summed E-state index contributed by atoms with van der Waals surface area (Å²) in [6.45, 7) is 10.8. The van der Waals surface area contributed by atoms with Gasteiger partial charge in [0.05, 0.1) is 4.88 Å². The zero-order valence-corrected chi connectivity index (χ0v) is 14.9. The molecule has 2 aromatic rings. The summed E-state index contributed by atoms with van der Waals surface area (Å²) in [7, 11) is 0. The quantitative estimate of drug-likeness (QED) is 0.859. The van der Waals surface area contributed by atoms with E-state index in [1.54, 1.807) is 11.3 Å². The summed E-state index contributed by atoms with van der Waals surface area (Å²) >= 11 is 1.62. The van der Waals surface area contributed by atoms with Crippen LogP contribution in [0.15, 0.2) is 30.3 Å². The first-order valence-electron chi connectivity index (χ1n) is 8.18. The van der Waals surface area contributed by atoms with Crippen LogP contribution in [0.4, 0.5) is 0 Å². The van der Waals surface area contributed by atoms with Gasteiger partial charge in [0.2, 0.25) is 0 Å². The minimum atomic E-state index is 0.196.